The van der Waals surface area contributed by atoms with Gasteiger partial charge in [-0.25, -0.2) is 9.97 Å². The summed E-state index contributed by atoms with van der Waals surface area (Å²) in [6.07, 6.45) is 2.33. The molecule has 0 spiro atoms. The van der Waals surface area contributed by atoms with E-state index in [9.17, 15) is 0 Å². The minimum absolute atomic E-state index is 0.184. The highest BCUT2D eigenvalue weighted by Crippen LogP contribution is 2.39. The van der Waals surface area contributed by atoms with Gasteiger partial charge >= 0.3 is 0 Å². The molecular weight excluding hydrogens is 284 g/mol. The fourth-order valence-corrected chi connectivity index (χ4v) is 2.47. The normalized spacial score (nSPS) is 15.8. The molecule has 0 aliphatic heterocycles. The first-order valence-corrected chi connectivity index (χ1v) is 7.55. The van der Waals surface area contributed by atoms with Crippen molar-refractivity contribution in [2.45, 2.75) is 31.7 Å². The van der Waals surface area contributed by atoms with Crippen molar-refractivity contribution in [3.05, 3.63) is 46.7 Å². The number of rotatable bonds is 4. The Morgan fingerprint density at radius 1 is 1.24 bits per heavy atom. The van der Waals surface area contributed by atoms with Crippen molar-refractivity contribution in [2.24, 2.45) is 0 Å². The lowest BCUT2D eigenvalue weighted by Gasteiger charge is -2.27. The van der Waals surface area contributed by atoms with Gasteiger partial charge in [0.05, 0.1) is 6.04 Å². The molecule has 1 aliphatic rings. The van der Waals surface area contributed by atoms with Crippen molar-refractivity contribution in [3.8, 4) is 0 Å². The molecule has 1 aromatic heterocycles. The first-order valence-electron chi connectivity index (χ1n) is 7.17. The van der Waals surface area contributed by atoms with Crippen LogP contribution in [0.1, 0.15) is 43.1 Å². The minimum Gasteiger partial charge on any atom is -0.384 e. The van der Waals surface area contributed by atoms with Gasteiger partial charge in [0.1, 0.15) is 17.5 Å². The fraction of sp³-hybridized carbons (Fsp3) is 0.375. The van der Waals surface area contributed by atoms with Gasteiger partial charge in [-0.3, -0.25) is 0 Å². The van der Waals surface area contributed by atoms with E-state index in [0.717, 1.165) is 16.7 Å². The smallest absolute Gasteiger partial charge is 0.136 e. The Morgan fingerprint density at radius 3 is 2.52 bits per heavy atom. The maximum Gasteiger partial charge on any atom is 0.136 e. The number of halogens is 1. The maximum atomic E-state index is 5.95. The molecule has 1 heterocycles. The third-order valence-electron chi connectivity index (χ3n) is 3.99. The third kappa shape index (κ3) is 3.10. The number of nitrogens with two attached hydrogens (primary N) is 1. The van der Waals surface area contributed by atoms with Gasteiger partial charge in [0.15, 0.2) is 0 Å². The predicted octanol–water partition coefficient (Wildman–Crippen LogP) is 3.79. The van der Waals surface area contributed by atoms with Gasteiger partial charge < -0.3 is 10.6 Å². The van der Waals surface area contributed by atoms with E-state index in [4.69, 9.17) is 17.3 Å². The molecule has 0 radical (unpaired) electrons. The van der Waals surface area contributed by atoms with Crippen LogP contribution in [0.2, 0.25) is 5.02 Å². The van der Waals surface area contributed by atoms with Crippen LogP contribution in [0, 0.1) is 0 Å². The summed E-state index contributed by atoms with van der Waals surface area (Å²) in [4.78, 5) is 11.1. The first kappa shape index (κ1) is 14.1. The second-order valence-electron chi connectivity index (χ2n) is 5.62. The highest BCUT2D eigenvalue weighted by Gasteiger charge is 2.28. The van der Waals surface area contributed by atoms with Crippen molar-refractivity contribution in [1.82, 2.24) is 9.97 Å². The second-order valence-corrected chi connectivity index (χ2v) is 6.06. The van der Waals surface area contributed by atoms with Gasteiger partial charge in [0.2, 0.25) is 0 Å². The van der Waals surface area contributed by atoms with Crippen LogP contribution in [0.4, 0.5) is 11.6 Å². The molecule has 1 aromatic carbocycles. The van der Waals surface area contributed by atoms with Crippen LogP contribution in [-0.2, 0) is 0 Å². The average Bonchev–Trinajstić information content (AvgIpc) is 3.30. The molecule has 21 heavy (non-hydrogen) atoms. The zero-order chi connectivity index (χ0) is 15.0. The van der Waals surface area contributed by atoms with Crippen molar-refractivity contribution in [2.75, 3.05) is 17.7 Å². The van der Waals surface area contributed by atoms with E-state index >= 15 is 0 Å². The number of benzene rings is 1. The van der Waals surface area contributed by atoms with Crippen LogP contribution >= 0.6 is 11.6 Å². The topological polar surface area (TPSA) is 55.0 Å². The van der Waals surface area contributed by atoms with Crippen LogP contribution in [0.5, 0.6) is 0 Å². The third-order valence-corrected chi connectivity index (χ3v) is 4.24. The molecule has 0 bridgehead atoms. The van der Waals surface area contributed by atoms with E-state index in [1.165, 1.54) is 18.4 Å². The largest absolute Gasteiger partial charge is 0.384 e. The van der Waals surface area contributed by atoms with E-state index in [-0.39, 0.29) is 6.04 Å². The van der Waals surface area contributed by atoms with Gasteiger partial charge in [-0.1, -0.05) is 23.7 Å². The van der Waals surface area contributed by atoms with E-state index in [2.05, 4.69) is 21.8 Å². The standard InChI is InChI=1S/C16H19ClN4/c1-10(11-5-7-13(17)8-6-11)21(2)15-9-14(18)19-16(20-15)12-3-4-12/h5-10,12H,3-4H2,1-2H3,(H2,18,19,20). The molecule has 110 valence electrons. The summed E-state index contributed by atoms with van der Waals surface area (Å²) in [7, 11) is 2.03. The molecule has 1 atom stereocenters. The van der Waals surface area contributed by atoms with E-state index in [0.29, 0.717) is 11.7 Å². The second kappa shape index (κ2) is 5.53. The summed E-state index contributed by atoms with van der Waals surface area (Å²) in [5, 5.41) is 0.746. The van der Waals surface area contributed by atoms with Gasteiger partial charge in [-0.05, 0) is 37.5 Å². The zero-order valence-electron chi connectivity index (χ0n) is 12.3. The Bertz CT molecular complexity index is 637. The lowest BCUT2D eigenvalue weighted by atomic mass is 10.1. The van der Waals surface area contributed by atoms with Crippen LogP contribution < -0.4 is 10.6 Å². The van der Waals surface area contributed by atoms with Crippen LogP contribution in [0.15, 0.2) is 30.3 Å². The van der Waals surface area contributed by atoms with Crippen molar-refractivity contribution < 1.29 is 0 Å². The van der Waals surface area contributed by atoms with Crippen LogP contribution in [-0.4, -0.2) is 17.0 Å². The SMILES string of the molecule is CC(c1ccc(Cl)cc1)N(C)c1cc(N)nc(C2CC2)n1. The lowest BCUT2D eigenvalue weighted by Crippen LogP contribution is -2.23. The number of anilines is 2. The predicted molar refractivity (Wildman–Crippen MR) is 86.7 cm³/mol. The van der Waals surface area contributed by atoms with Crippen LogP contribution in [0.25, 0.3) is 0 Å². The molecule has 1 saturated carbocycles. The Hall–Kier alpha value is -1.81. The van der Waals surface area contributed by atoms with Gasteiger partial charge in [0, 0.05) is 24.1 Å². The molecular formula is C16H19ClN4. The molecule has 2 N–H and O–H groups in total. The quantitative estimate of drug-likeness (QED) is 0.933. The Labute approximate surface area is 130 Å². The monoisotopic (exact) mass is 302 g/mol. The minimum atomic E-state index is 0.184. The Kier molecular flexibility index (Phi) is 3.72. The molecule has 3 rings (SSSR count). The molecule has 1 fully saturated rings. The molecule has 5 heteroatoms. The van der Waals surface area contributed by atoms with Crippen molar-refractivity contribution in [3.63, 3.8) is 0 Å². The Balaban J connectivity index is 1.86. The Morgan fingerprint density at radius 2 is 1.90 bits per heavy atom. The highest BCUT2D eigenvalue weighted by molar-refractivity contribution is 6.30. The number of hydrogen-bond acceptors (Lipinski definition) is 4. The van der Waals surface area contributed by atoms with Crippen molar-refractivity contribution in [1.29, 1.82) is 0 Å². The molecule has 2 aromatic rings. The lowest BCUT2D eigenvalue weighted by molar-refractivity contribution is 0.722. The summed E-state index contributed by atoms with van der Waals surface area (Å²) in [6, 6.07) is 9.91. The molecule has 0 amide bonds. The van der Waals surface area contributed by atoms with Gasteiger partial charge in [-0.2, -0.15) is 0 Å². The highest BCUT2D eigenvalue weighted by atomic mass is 35.5. The average molecular weight is 303 g/mol. The van der Waals surface area contributed by atoms with Crippen LogP contribution in [0.3, 0.4) is 0 Å². The van der Waals surface area contributed by atoms with E-state index in [1.54, 1.807) is 0 Å². The molecule has 4 nitrogen and oxygen atoms in total. The number of aromatic nitrogens is 2. The summed E-state index contributed by atoms with van der Waals surface area (Å²) in [5.74, 6) is 2.77. The summed E-state index contributed by atoms with van der Waals surface area (Å²) < 4.78 is 0. The number of nitrogen functional groups attached to an aromatic ring is 1. The summed E-state index contributed by atoms with van der Waals surface area (Å²) in [6.45, 7) is 2.14. The maximum absolute atomic E-state index is 5.95. The molecule has 0 saturated heterocycles. The number of nitrogens with zero attached hydrogens (tertiary/aromatic N) is 3. The van der Waals surface area contributed by atoms with E-state index in [1.807, 2.05) is 37.4 Å². The van der Waals surface area contributed by atoms with Crippen molar-refractivity contribution >= 4 is 23.2 Å². The molecule has 1 unspecified atom stereocenters. The summed E-state index contributed by atoms with van der Waals surface area (Å²) in [5.41, 5.74) is 7.11. The fourth-order valence-electron chi connectivity index (χ4n) is 2.34. The van der Waals surface area contributed by atoms with E-state index < -0.39 is 0 Å². The zero-order valence-corrected chi connectivity index (χ0v) is 13.0. The summed E-state index contributed by atoms with van der Waals surface area (Å²) >= 11 is 5.95. The van der Waals surface area contributed by atoms with Gasteiger partial charge in [0.25, 0.3) is 0 Å². The first-order chi connectivity index (χ1) is 10.0. The molecule has 1 aliphatic carbocycles. The van der Waals surface area contributed by atoms with Gasteiger partial charge in [-0.15, -0.1) is 0 Å². The number of hydrogen-bond donors (Lipinski definition) is 1.